The maximum absolute atomic E-state index is 11.6. The molecule has 0 unspecified atom stereocenters. The molecule has 1 aromatic carbocycles. The number of carbonyl (C=O) groups excluding carboxylic acids is 1. The number of anilines is 1. The third kappa shape index (κ3) is 8.61. The highest BCUT2D eigenvalue weighted by Gasteiger charge is 2.12. The van der Waals surface area contributed by atoms with Crippen molar-refractivity contribution in [3.05, 3.63) is 18.2 Å². The zero-order chi connectivity index (χ0) is 16.3. The zero-order valence-corrected chi connectivity index (χ0v) is 15.0. The quantitative estimate of drug-likeness (QED) is 0.820. The molecular weight excluding hydrogens is 285 g/mol. The molecule has 0 aliphatic carbocycles. The van der Waals surface area contributed by atoms with E-state index in [4.69, 9.17) is 14.2 Å². The fourth-order valence-corrected chi connectivity index (χ4v) is 1.34. The van der Waals surface area contributed by atoms with Crippen molar-refractivity contribution in [3.63, 3.8) is 0 Å². The van der Waals surface area contributed by atoms with Gasteiger partial charge in [-0.25, -0.2) is 0 Å². The van der Waals surface area contributed by atoms with Gasteiger partial charge in [-0.05, 0) is 19.1 Å². The van der Waals surface area contributed by atoms with Crippen LogP contribution >= 0.6 is 0 Å². The van der Waals surface area contributed by atoms with Gasteiger partial charge in [-0.15, -0.1) is 17.4 Å². The van der Waals surface area contributed by atoms with Gasteiger partial charge in [0.25, 0.3) is 20.1 Å². The molecule has 5 nitrogen and oxygen atoms in total. The van der Waals surface area contributed by atoms with Crippen molar-refractivity contribution in [2.24, 2.45) is 0 Å². The van der Waals surface area contributed by atoms with Gasteiger partial charge in [-0.1, -0.05) is 6.07 Å². The monoisotopic (exact) mass is 311 g/mol. The molecule has 1 N–H and O–H groups in total. The number of ether oxygens (including phenoxy) is 3. The van der Waals surface area contributed by atoms with E-state index in [0.29, 0.717) is 23.8 Å². The average molecular weight is 311 g/mol. The van der Waals surface area contributed by atoms with Gasteiger partial charge in [-0.2, -0.15) is 0 Å². The van der Waals surface area contributed by atoms with E-state index in [1.165, 1.54) is 14.2 Å². The van der Waals surface area contributed by atoms with Gasteiger partial charge < -0.3 is 19.5 Å². The van der Waals surface area contributed by atoms with E-state index in [1.54, 1.807) is 18.2 Å². The molecule has 0 heterocycles. The maximum atomic E-state index is 11.6. The topological polar surface area (TPSA) is 56.8 Å². The predicted molar refractivity (Wildman–Crippen MR) is 88.0 cm³/mol. The molecule has 1 rings (SSSR count). The van der Waals surface area contributed by atoms with Gasteiger partial charge in [-0.3, -0.25) is 4.79 Å². The largest absolute Gasteiger partial charge is 0.494 e. The van der Waals surface area contributed by atoms with Crippen LogP contribution in [0.2, 0.25) is 17.4 Å². The van der Waals surface area contributed by atoms with Gasteiger partial charge in [0.2, 0.25) is 0 Å². The van der Waals surface area contributed by atoms with E-state index in [-0.39, 0.29) is 26.7 Å². The van der Waals surface area contributed by atoms with Crippen LogP contribution in [0.3, 0.4) is 0 Å². The molecule has 1 amide bonds. The second kappa shape index (κ2) is 11.4. The number of nitrogens with one attached hydrogen (secondary N) is 1. The molecule has 0 bridgehead atoms. The average Bonchev–Trinajstić information content (AvgIpc) is 2.44. The predicted octanol–water partition coefficient (Wildman–Crippen LogP) is 3.05. The summed E-state index contributed by atoms with van der Waals surface area (Å²) in [7, 11) is 3.07. The van der Waals surface area contributed by atoms with Gasteiger partial charge >= 0.3 is 0 Å². The molecule has 0 radical (unpaired) electrons. The summed E-state index contributed by atoms with van der Waals surface area (Å²) in [6, 6.07) is 5.29. The van der Waals surface area contributed by atoms with Crippen LogP contribution in [0.25, 0.3) is 0 Å². The van der Waals surface area contributed by atoms with Crippen LogP contribution in [-0.4, -0.2) is 47.5 Å². The van der Waals surface area contributed by atoms with Crippen LogP contribution in [0.1, 0.15) is 6.92 Å². The highest BCUT2D eigenvalue weighted by Crippen LogP contribution is 2.33. The molecule has 0 fully saturated rings. The number of amides is 1. The highest BCUT2D eigenvalue weighted by molar-refractivity contribution is 6.54. The SMILES string of the molecule is CCOCC(=O)Nc1c(OC)cccc1OC.[CH3][Al]([CH3])[CH3]. The lowest BCUT2D eigenvalue weighted by Gasteiger charge is -2.13. The Hall–Kier alpha value is -1.22. The van der Waals surface area contributed by atoms with Crippen LogP contribution in [-0.2, 0) is 9.53 Å². The van der Waals surface area contributed by atoms with Crippen molar-refractivity contribution in [1.82, 2.24) is 0 Å². The second-order valence-corrected chi connectivity index (χ2v) is 8.42. The first-order chi connectivity index (χ1) is 9.96. The lowest BCUT2D eigenvalue weighted by atomic mass is 10.2. The number of carbonyl (C=O) groups is 1. The molecule has 1 aromatic rings. The Labute approximate surface area is 132 Å². The van der Waals surface area contributed by atoms with Crippen LogP contribution in [0.15, 0.2) is 18.2 Å². The standard InChI is InChI=1S/C12H17NO4.3CH3.Al/c1-4-17-8-11(14)13-12-9(15-2)6-5-7-10(12)16-3;;;;/h5-7H,4,8H2,1-3H3,(H,13,14);3*1H3;. The number of rotatable bonds is 6. The van der Waals surface area contributed by atoms with E-state index in [9.17, 15) is 4.79 Å². The third-order valence-electron chi connectivity index (χ3n) is 2.13. The second-order valence-electron chi connectivity index (χ2n) is 4.95. The summed E-state index contributed by atoms with van der Waals surface area (Å²) in [5.41, 5.74) is 0.516. The highest BCUT2D eigenvalue weighted by atomic mass is 27.2. The van der Waals surface area contributed by atoms with E-state index in [0.717, 1.165) is 0 Å². The van der Waals surface area contributed by atoms with Crippen molar-refractivity contribution in [3.8, 4) is 11.5 Å². The van der Waals surface area contributed by atoms with Gasteiger partial charge in [0.1, 0.15) is 23.8 Å². The van der Waals surface area contributed by atoms with Gasteiger partial charge in [0.15, 0.2) is 0 Å². The summed E-state index contributed by atoms with van der Waals surface area (Å²) in [6.07, 6.45) is 0. The van der Waals surface area contributed by atoms with Crippen molar-refractivity contribution in [2.75, 3.05) is 32.8 Å². The van der Waals surface area contributed by atoms with Crippen molar-refractivity contribution in [2.45, 2.75) is 24.3 Å². The lowest BCUT2D eigenvalue weighted by Crippen LogP contribution is -2.19. The third-order valence-corrected chi connectivity index (χ3v) is 2.13. The molecular formula is C15H26AlNO4. The van der Waals surface area contributed by atoms with Crippen LogP contribution < -0.4 is 14.8 Å². The summed E-state index contributed by atoms with van der Waals surface area (Å²) < 4.78 is 15.3. The first kappa shape index (κ1) is 19.8. The summed E-state index contributed by atoms with van der Waals surface area (Å²) in [5.74, 6) is 7.78. The van der Waals surface area contributed by atoms with E-state index in [1.807, 2.05) is 6.92 Å². The number of hydrogen-bond acceptors (Lipinski definition) is 4. The molecule has 118 valence electrons. The van der Waals surface area contributed by atoms with Crippen molar-refractivity contribution in [1.29, 1.82) is 0 Å². The minimum Gasteiger partial charge on any atom is -0.494 e. The Bertz CT molecular complexity index is 399. The van der Waals surface area contributed by atoms with Crippen LogP contribution in [0.4, 0.5) is 5.69 Å². The molecule has 0 saturated heterocycles. The number of benzene rings is 1. The Morgan fingerprint density at radius 2 is 1.62 bits per heavy atom. The Kier molecular flexibility index (Phi) is 10.8. The molecule has 21 heavy (non-hydrogen) atoms. The Balaban J connectivity index is 0.000000885. The number of para-hydroxylation sites is 1. The molecule has 6 heteroatoms. The van der Waals surface area contributed by atoms with Gasteiger partial charge in [0.05, 0.1) is 14.2 Å². The Morgan fingerprint density at radius 1 is 1.14 bits per heavy atom. The summed E-state index contributed by atoms with van der Waals surface area (Å²) >= 11 is -0.139. The van der Waals surface area contributed by atoms with E-state index < -0.39 is 0 Å². The summed E-state index contributed by atoms with van der Waals surface area (Å²) in [5, 5.41) is 2.70. The smallest absolute Gasteiger partial charge is 0.251 e. The van der Waals surface area contributed by atoms with Crippen LogP contribution in [0, 0.1) is 0 Å². The summed E-state index contributed by atoms with van der Waals surface area (Å²) in [6.45, 7) is 2.34. The normalized spacial score (nSPS) is 9.24. The first-order valence-electron chi connectivity index (χ1n) is 7.04. The molecule has 0 aliphatic rings. The molecule has 0 atom stereocenters. The molecule has 0 aliphatic heterocycles. The van der Waals surface area contributed by atoms with E-state index >= 15 is 0 Å². The molecule has 0 saturated carbocycles. The fraction of sp³-hybridized carbons (Fsp3) is 0.533. The van der Waals surface area contributed by atoms with E-state index in [2.05, 4.69) is 22.7 Å². The molecule has 0 spiro atoms. The molecule has 0 aromatic heterocycles. The van der Waals surface area contributed by atoms with Crippen molar-refractivity contribution >= 4 is 25.7 Å². The minimum atomic E-state index is -0.241. The first-order valence-corrected chi connectivity index (χ1v) is 10.5. The fourth-order valence-electron chi connectivity index (χ4n) is 1.34. The zero-order valence-electron chi connectivity index (χ0n) is 13.9. The number of methoxy groups -OCH3 is 2. The maximum Gasteiger partial charge on any atom is 0.251 e. The van der Waals surface area contributed by atoms with Gasteiger partial charge in [0, 0.05) is 6.61 Å². The Morgan fingerprint density at radius 3 is 2.00 bits per heavy atom. The minimum absolute atomic E-state index is 0.0116. The lowest BCUT2D eigenvalue weighted by molar-refractivity contribution is -0.120. The van der Waals surface area contributed by atoms with Crippen molar-refractivity contribution < 1.29 is 19.0 Å². The summed E-state index contributed by atoms with van der Waals surface area (Å²) in [4.78, 5) is 11.6. The van der Waals surface area contributed by atoms with Crippen LogP contribution in [0.5, 0.6) is 11.5 Å². The number of hydrogen-bond donors (Lipinski definition) is 1.